The summed E-state index contributed by atoms with van der Waals surface area (Å²) < 4.78 is 83.3. The third kappa shape index (κ3) is 5.75. The number of hydrogen-bond donors (Lipinski definition) is 1. The second-order valence-electron chi connectivity index (χ2n) is 11.4. The van der Waals surface area contributed by atoms with E-state index in [-0.39, 0.29) is 35.9 Å². The molecule has 15 heteroatoms. The van der Waals surface area contributed by atoms with E-state index in [1.807, 2.05) is 6.92 Å². The minimum Gasteiger partial charge on any atom is -0.481 e. The predicted octanol–water partition coefficient (Wildman–Crippen LogP) is 4.56. The van der Waals surface area contributed by atoms with E-state index in [9.17, 15) is 31.5 Å². The van der Waals surface area contributed by atoms with Gasteiger partial charge in [-0.3, -0.25) is 9.20 Å². The second kappa shape index (κ2) is 11.7. The minimum atomic E-state index is -4.28. The van der Waals surface area contributed by atoms with Gasteiger partial charge in [0.2, 0.25) is 21.7 Å². The highest BCUT2D eigenvalue weighted by molar-refractivity contribution is 7.89. The molecule has 45 heavy (non-hydrogen) atoms. The molecule has 238 valence electrons. The summed E-state index contributed by atoms with van der Waals surface area (Å²) in [5.41, 5.74) is 2.21. The highest BCUT2D eigenvalue weighted by Crippen LogP contribution is 2.39. The lowest BCUT2D eigenvalue weighted by atomic mass is 9.85. The Bertz CT molecular complexity index is 1890. The van der Waals surface area contributed by atoms with Crippen molar-refractivity contribution < 1.29 is 41.0 Å². The normalized spacial score (nSPS) is 18.4. The van der Waals surface area contributed by atoms with Gasteiger partial charge in [-0.25, -0.2) is 26.6 Å². The van der Waals surface area contributed by atoms with E-state index in [0.29, 0.717) is 48.3 Å². The van der Waals surface area contributed by atoms with Crippen LogP contribution in [-0.2, 0) is 26.1 Å². The van der Waals surface area contributed by atoms with Crippen molar-refractivity contribution in [3.63, 3.8) is 0 Å². The lowest BCUT2D eigenvalue weighted by Gasteiger charge is -2.38. The number of halogens is 3. The third-order valence-corrected chi connectivity index (χ3v) is 10.3. The first-order valence-electron chi connectivity index (χ1n) is 14.2. The van der Waals surface area contributed by atoms with Crippen molar-refractivity contribution in [1.82, 2.24) is 23.9 Å². The van der Waals surface area contributed by atoms with Crippen LogP contribution in [0.1, 0.15) is 65.2 Å². The van der Waals surface area contributed by atoms with E-state index in [2.05, 4.69) is 15.2 Å². The number of rotatable bonds is 7. The SMILES string of the molecule is Cc1ccc([C@H](CC(=O)O)c2ccn3c(C(F)F)nnc3c2C)cc1CN1CC2(CCOCC2)Oc2ncc(F)cc2S1(=O)=O. The Morgan fingerprint density at radius 3 is 2.60 bits per heavy atom. The molecule has 11 nitrogen and oxygen atoms in total. The molecule has 0 radical (unpaired) electrons. The van der Waals surface area contributed by atoms with Crippen LogP contribution in [0.3, 0.4) is 0 Å². The number of hydrogen-bond acceptors (Lipinski definition) is 8. The van der Waals surface area contributed by atoms with E-state index in [0.717, 1.165) is 17.8 Å². The molecule has 1 saturated heterocycles. The molecular formula is C30H30F3N5O6S. The van der Waals surface area contributed by atoms with Crippen molar-refractivity contribution in [3.8, 4) is 5.88 Å². The molecule has 0 amide bonds. The zero-order chi connectivity index (χ0) is 32.1. The third-order valence-electron chi connectivity index (χ3n) is 8.55. The van der Waals surface area contributed by atoms with Crippen LogP contribution < -0.4 is 4.74 Å². The summed E-state index contributed by atoms with van der Waals surface area (Å²) in [6, 6.07) is 7.77. The number of alkyl halides is 2. The number of ether oxygens (including phenoxy) is 2. The Hall–Kier alpha value is -4.08. The first kappa shape index (κ1) is 30.9. The predicted molar refractivity (Wildman–Crippen MR) is 153 cm³/mol. The van der Waals surface area contributed by atoms with Crippen molar-refractivity contribution >= 4 is 21.6 Å². The highest BCUT2D eigenvalue weighted by atomic mass is 32.2. The zero-order valence-electron chi connectivity index (χ0n) is 24.4. The topological polar surface area (TPSA) is 136 Å². The van der Waals surface area contributed by atoms with Crippen LogP contribution in [0.4, 0.5) is 13.2 Å². The quantitative estimate of drug-likeness (QED) is 0.307. The van der Waals surface area contributed by atoms with Crippen molar-refractivity contribution in [1.29, 1.82) is 0 Å². The van der Waals surface area contributed by atoms with Gasteiger partial charge in [0.1, 0.15) is 16.3 Å². The summed E-state index contributed by atoms with van der Waals surface area (Å²) >= 11 is 0. The zero-order valence-corrected chi connectivity index (χ0v) is 25.2. The molecule has 0 bridgehead atoms. The van der Waals surface area contributed by atoms with Gasteiger partial charge in [0.15, 0.2) is 5.65 Å². The molecule has 1 N–H and O–H groups in total. The molecule has 0 aliphatic carbocycles. The molecule has 0 saturated carbocycles. The Morgan fingerprint density at radius 2 is 1.89 bits per heavy atom. The Labute approximate surface area is 256 Å². The van der Waals surface area contributed by atoms with Crippen LogP contribution in [0, 0.1) is 19.7 Å². The fraction of sp³-hybridized carbons (Fsp3) is 0.400. The number of nitrogens with zero attached hydrogens (tertiary/aromatic N) is 5. The van der Waals surface area contributed by atoms with Crippen LogP contribution in [0.2, 0.25) is 0 Å². The van der Waals surface area contributed by atoms with Crippen LogP contribution in [-0.4, -0.2) is 68.7 Å². The summed E-state index contributed by atoms with van der Waals surface area (Å²) in [4.78, 5) is 15.7. The fourth-order valence-corrected chi connectivity index (χ4v) is 7.66. The Morgan fingerprint density at radius 1 is 1.13 bits per heavy atom. The van der Waals surface area contributed by atoms with Gasteiger partial charge in [0.25, 0.3) is 6.43 Å². The minimum absolute atomic E-state index is 0.0337. The number of carbonyl (C=O) groups is 1. The van der Waals surface area contributed by atoms with Crippen molar-refractivity contribution in [2.24, 2.45) is 0 Å². The number of sulfonamides is 1. The van der Waals surface area contributed by atoms with E-state index >= 15 is 0 Å². The van der Waals surface area contributed by atoms with Crippen LogP contribution in [0.5, 0.6) is 5.88 Å². The van der Waals surface area contributed by atoms with Crippen LogP contribution in [0.15, 0.2) is 47.6 Å². The Kier molecular flexibility index (Phi) is 8.03. The monoisotopic (exact) mass is 645 g/mol. The fourth-order valence-electron chi connectivity index (χ4n) is 6.09. The van der Waals surface area contributed by atoms with Crippen molar-refractivity contribution in [3.05, 3.63) is 82.2 Å². The first-order chi connectivity index (χ1) is 21.4. The summed E-state index contributed by atoms with van der Waals surface area (Å²) in [6.07, 6.45) is -0.0679. The molecule has 1 spiro atoms. The van der Waals surface area contributed by atoms with Crippen LogP contribution in [0.25, 0.3) is 5.65 Å². The molecular weight excluding hydrogens is 615 g/mol. The maximum absolute atomic E-state index is 14.3. The Balaban J connectivity index is 1.42. The molecule has 0 unspecified atom stereocenters. The standard InChI is InChI=1S/C30H30F3N5O6S/c1-17-3-4-19(23(13-25(39)40)22-5-8-38-27(18(22)2)35-36-28(38)26(32)33)11-20(17)15-37-16-30(6-9-43-10-7-30)44-29-24(45(37,41)42)12-21(31)14-34-29/h3-5,8,11-12,14,23,26H,6-7,9-10,13,15-16H2,1-2H3,(H,39,40)/t23-/m0/s1. The molecule has 6 rings (SSSR count). The van der Waals surface area contributed by atoms with Gasteiger partial charge in [-0.2, -0.15) is 4.31 Å². The summed E-state index contributed by atoms with van der Waals surface area (Å²) in [7, 11) is -4.28. The number of pyridine rings is 2. The van der Waals surface area contributed by atoms with Gasteiger partial charge in [-0.1, -0.05) is 18.2 Å². The summed E-state index contributed by atoms with van der Waals surface area (Å²) in [5.74, 6) is -3.31. The van der Waals surface area contributed by atoms with E-state index in [1.54, 1.807) is 31.2 Å². The number of carboxylic acid groups (broad SMARTS) is 1. The second-order valence-corrected chi connectivity index (χ2v) is 13.3. The molecule has 2 aliphatic rings. The van der Waals surface area contributed by atoms with Crippen molar-refractivity contribution in [2.45, 2.75) is 62.5 Å². The van der Waals surface area contributed by atoms with Gasteiger partial charge in [0, 0.05) is 37.6 Å². The van der Waals surface area contributed by atoms with Gasteiger partial charge in [0.05, 0.1) is 32.4 Å². The number of aryl methyl sites for hydroxylation is 2. The average molecular weight is 646 g/mol. The summed E-state index contributed by atoms with van der Waals surface area (Å²) in [5, 5.41) is 17.4. The lowest BCUT2D eigenvalue weighted by Crippen LogP contribution is -2.50. The van der Waals surface area contributed by atoms with Crippen molar-refractivity contribution in [2.75, 3.05) is 19.8 Å². The molecule has 1 aromatic carbocycles. The number of carboxylic acids is 1. The average Bonchev–Trinajstić information content (AvgIpc) is 3.41. The van der Waals surface area contributed by atoms with E-state index in [1.165, 1.54) is 14.9 Å². The number of aliphatic carboxylic acids is 1. The van der Waals surface area contributed by atoms with Crippen LogP contribution >= 0.6 is 0 Å². The van der Waals surface area contributed by atoms with Gasteiger partial charge >= 0.3 is 5.97 Å². The van der Waals surface area contributed by atoms with Gasteiger partial charge in [-0.05, 0) is 47.7 Å². The number of fused-ring (bicyclic) bond motifs is 2. The molecule has 1 atom stereocenters. The van der Waals surface area contributed by atoms with E-state index < -0.39 is 45.6 Å². The van der Waals surface area contributed by atoms with Gasteiger partial charge in [-0.15, -0.1) is 10.2 Å². The van der Waals surface area contributed by atoms with Gasteiger partial charge < -0.3 is 14.6 Å². The summed E-state index contributed by atoms with van der Waals surface area (Å²) in [6.45, 7) is 4.04. The smallest absolute Gasteiger partial charge is 0.304 e. The number of benzene rings is 1. The largest absolute Gasteiger partial charge is 0.481 e. The first-order valence-corrected chi connectivity index (χ1v) is 15.7. The number of aromatic nitrogens is 4. The molecule has 5 heterocycles. The lowest BCUT2D eigenvalue weighted by molar-refractivity contribution is -0.137. The molecule has 2 aliphatic heterocycles. The molecule has 3 aromatic heterocycles. The molecule has 4 aromatic rings. The van der Waals surface area contributed by atoms with E-state index in [4.69, 9.17) is 9.47 Å². The highest BCUT2D eigenvalue weighted by Gasteiger charge is 2.45. The molecule has 1 fully saturated rings. The maximum Gasteiger partial charge on any atom is 0.304 e. The maximum atomic E-state index is 14.3.